The van der Waals surface area contributed by atoms with Gasteiger partial charge in [-0.15, -0.1) is 0 Å². The van der Waals surface area contributed by atoms with Gasteiger partial charge in [0.05, 0.1) is 5.69 Å². The smallest absolute Gasteiger partial charge is 0.302 e. The topological polar surface area (TPSA) is 137 Å². The summed E-state index contributed by atoms with van der Waals surface area (Å²) >= 11 is 0. The van der Waals surface area contributed by atoms with Crippen LogP contribution in [0.5, 0.6) is 0 Å². The quantitative estimate of drug-likeness (QED) is 0.347. The molecule has 0 unspecified atom stereocenters. The molecule has 4 aromatic rings. The Morgan fingerprint density at radius 1 is 1.10 bits per heavy atom. The fourth-order valence-corrected chi connectivity index (χ4v) is 5.88. The van der Waals surface area contributed by atoms with E-state index in [2.05, 4.69) is 43.8 Å². The summed E-state index contributed by atoms with van der Waals surface area (Å²) < 4.78 is 8.81. The van der Waals surface area contributed by atoms with Crippen molar-refractivity contribution in [3.63, 3.8) is 0 Å². The molecule has 0 aromatic carbocycles. The number of nitrogens with zero attached hydrogens (tertiary/aromatic N) is 7. The predicted octanol–water partition coefficient (Wildman–Crippen LogP) is 3.33. The van der Waals surface area contributed by atoms with Crippen molar-refractivity contribution in [3.8, 4) is 11.3 Å². The van der Waals surface area contributed by atoms with Gasteiger partial charge in [-0.3, -0.25) is 19.3 Å². The highest BCUT2D eigenvalue weighted by atomic mass is 16.5. The van der Waals surface area contributed by atoms with Gasteiger partial charge in [0.15, 0.2) is 0 Å². The van der Waals surface area contributed by atoms with E-state index >= 15 is 0 Å². The van der Waals surface area contributed by atoms with E-state index in [1.165, 1.54) is 22.9 Å². The van der Waals surface area contributed by atoms with Crippen LogP contribution in [0.4, 0.5) is 17.3 Å². The summed E-state index contributed by atoms with van der Waals surface area (Å²) in [5.74, 6) is 0.785. The van der Waals surface area contributed by atoms with Gasteiger partial charge in [-0.2, -0.15) is 5.10 Å². The second-order valence-electron chi connectivity index (χ2n) is 11.6. The van der Waals surface area contributed by atoms with Crippen LogP contribution in [0.15, 0.2) is 41.5 Å². The Hall–Kier alpha value is -4.87. The Balaban J connectivity index is 1.42. The van der Waals surface area contributed by atoms with E-state index in [1.807, 2.05) is 6.07 Å². The van der Waals surface area contributed by atoms with Gasteiger partial charge in [0.25, 0.3) is 11.5 Å². The number of esters is 1. The fraction of sp³-hybridized carbons (Fsp3) is 0.367. The minimum absolute atomic E-state index is 0.123. The van der Waals surface area contributed by atoms with Crippen molar-refractivity contribution in [1.82, 2.24) is 29.3 Å². The number of rotatable bonds is 6. The second kappa shape index (κ2) is 10.2. The van der Waals surface area contributed by atoms with Crippen LogP contribution in [0.3, 0.4) is 0 Å². The maximum Gasteiger partial charge on any atom is 0.302 e. The first-order valence-electron chi connectivity index (χ1n) is 13.8. The van der Waals surface area contributed by atoms with Crippen LogP contribution >= 0.6 is 0 Å². The summed E-state index contributed by atoms with van der Waals surface area (Å²) in [6, 6.07) is 7.03. The zero-order valence-electron chi connectivity index (χ0n) is 24.3. The minimum Gasteiger partial charge on any atom is -0.461 e. The van der Waals surface area contributed by atoms with Crippen molar-refractivity contribution >= 4 is 29.2 Å². The largest absolute Gasteiger partial charge is 0.461 e. The van der Waals surface area contributed by atoms with Gasteiger partial charge in [-0.1, -0.05) is 13.8 Å². The van der Waals surface area contributed by atoms with Gasteiger partial charge >= 0.3 is 5.97 Å². The number of anilines is 3. The number of aryl methyl sites for hydroxylation is 2. The number of amides is 1. The van der Waals surface area contributed by atoms with Gasteiger partial charge in [-0.05, 0) is 55.0 Å². The van der Waals surface area contributed by atoms with Gasteiger partial charge in [0.2, 0.25) is 0 Å². The number of aromatic nitrogens is 6. The van der Waals surface area contributed by atoms with E-state index in [4.69, 9.17) is 4.74 Å². The van der Waals surface area contributed by atoms with Crippen LogP contribution in [-0.2, 0) is 42.6 Å². The molecular weight excluding hydrogens is 536 g/mol. The molecule has 12 nitrogen and oxygen atoms in total. The highest BCUT2D eigenvalue weighted by Crippen LogP contribution is 2.40. The molecule has 4 aromatic heterocycles. The van der Waals surface area contributed by atoms with Crippen molar-refractivity contribution < 1.29 is 14.3 Å². The first-order chi connectivity index (χ1) is 20.0. The maximum absolute atomic E-state index is 13.9. The summed E-state index contributed by atoms with van der Waals surface area (Å²) in [5, 5.41) is 7.56. The lowest BCUT2D eigenvalue weighted by atomic mass is 9.90. The van der Waals surface area contributed by atoms with Crippen LogP contribution < -0.4 is 15.8 Å². The van der Waals surface area contributed by atoms with E-state index < -0.39 is 5.97 Å². The molecule has 0 bridgehead atoms. The summed E-state index contributed by atoms with van der Waals surface area (Å²) in [5.41, 5.74) is 4.71. The molecule has 0 spiro atoms. The van der Waals surface area contributed by atoms with E-state index in [0.29, 0.717) is 53.1 Å². The zero-order valence-corrected chi connectivity index (χ0v) is 24.3. The number of fused-ring (bicyclic) bond motifs is 3. The molecule has 2 aliphatic rings. The molecular formula is C30H32N8O4. The highest BCUT2D eigenvalue weighted by molar-refractivity contribution is 6.06. The Kier molecular flexibility index (Phi) is 6.63. The molecule has 0 radical (unpaired) electrons. The standard InChI is InChI=1S/C30H32N8O4/c1-17-31-9-7-26(33-17)34-23-13-22(35-36(5)28(23)40)20-6-8-32-27(21(20)16-42-18(2)39)38-11-10-37-24(29(38)41)12-19-14-30(3,4)15-25(19)37/h6-9,12-13H,10-11,14-16H2,1-5H3,(H,31,33,34). The number of carbonyl (C=O) groups is 2. The van der Waals surface area contributed by atoms with Gasteiger partial charge in [-0.25, -0.2) is 19.6 Å². The molecule has 0 fully saturated rings. The second-order valence-corrected chi connectivity index (χ2v) is 11.6. The van der Waals surface area contributed by atoms with Crippen molar-refractivity contribution in [2.24, 2.45) is 12.5 Å². The summed E-state index contributed by atoms with van der Waals surface area (Å²) in [6.45, 7) is 8.50. The van der Waals surface area contributed by atoms with Crippen LogP contribution in [0.1, 0.15) is 53.9 Å². The third kappa shape index (κ3) is 4.93. The first kappa shape index (κ1) is 27.3. The molecule has 216 valence electrons. The van der Waals surface area contributed by atoms with Gasteiger partial charge in [0.1, 0.15) is 35.4 Å². The molecule has 1 N–H and O–H groups in total. The molecule has 12 heteroatoms. The van der Waals surface area contributed by atoms with Crippen molar-refractivity contribution in [3.05, 3.63) is 75.4 Å². The average Bonchev–Trinajstić information content (AvgIpc) is 3.42. The zero-order chi connectivity index (χ0) is 29.8. The number of hydrogen-bond donors (Lipinski definition) is 1. The lowest BCUT2D eigenvalue weighted by Crippen LogP contribution is -2.41. The van der Waals surface area contributed by atoms with E-state index in [-0.39, 0.29) is 29.2 Å². The Morgan fingerprint density at radius 3 is 2.64 bits per heavy atom. The van der Waals surface area contributed by atoms with Crippen molar-refractivity contribution in [2.75, 3.05) is 16.8 Å². The molecule has 0 atom stereocenters. The number of pyridine rings is 1. The molecule has 5 heterocycles. The maximum atomic E-state index is 13.9. The molecule has 0 saturated heterocycles. The van der Waals surface area contributed by atoms with Crippen LogP contribution in [-0.4, -0.2) is 47.7 Å². The number of carbonyl (C=O) groups excluding carboxylic acids is 2. The van der Waals surface area contributed by atoms with E-state index in [9.17, 15) is 14.4 Å². The van der Waals surface area contributed by atoms with E-state index in [0.717, 1.165) is 12.8 Å². The Labute approximate surface area is 242 Å². The highest BCUT2D eigenvalue weighted by Gasteiger charge is 2.37. The molecule has 42 heavy (non-hydrogen) atoms. The molecule has 6 rings (SSSR count). The Bertz CT molecular complexity index is 1810. The molecule has 1 aliphatic heterocycles. The third-order valence-corrected chi connectivity index (χ3v) is 7.71. The van der Waals surface area contributed by atoms with E-state index in [1.54, 1.807) is 49.5 Å². The van der Waals surface area contributed by atoms with Crippen molar-refractivity contribution in [1.29, 1.82) is 0 Å². The van der Waals surface area contributed by atoms with Gasteiger partial charge < -0.3 is 14.6 Å². The normalized spacial score (nSPS) is 15.4. The number of nitrogens with one attached hydrogen (secondary N) is 1. The summed E-state index contributed by atoms with van der Waals surface area (Å²) in [4.78, 5) is 53.4. The number of ether oxygens (including phenoxy) is 1. The monoisotopic (exact) mass is 568 g/mol. The summed E-state index contributed by atoms with van der Waals surface area (Å²) in [7, 11) is 1.55. The molecule has 1 aliphatic carbocycles. The fourth-order valence-electron chi connectivity index (χ4n) is 5.88. The first-order valence-corrected chi connectivity index (χ1v) is 13.8. The molecule has 1 amide bonds. The van der Waals surface area contributed by atoms with Crippen molar-refractivity contribution in [2.45, 2.75) is 53.7 Å². The summed E-state index contributed by atoms with van der Waals surface area (Å²) in [6.07, 6.45) is 5.07. The lowest BCUT2D eigenvalue weighted by Gasteiger charge is -2.31. The van der Waals surface area contributed by atoms with Crippen LogP contribution in [0.2, 0.25) is 0 Å². The molecule has 0 saturated carbocycles. The Morgan fingerprint density at radius 2 is 1.88 bits per heavy atom. The predicted molar refractivity (Wildman–Crippen MR) is 156 cm³/mol. The third-order valence-electron chi connectivity index (χ3n) is 7.71. The van der Waals surface area contributed by atoms with Crippen LogP contribution in [0.25, 0.3) is 11.3 Å². The SMILES string of the molecule is CC(=O)OCc1c(-c2cc(Nc3ccnc(C)n3)c(=O)n(C)n2)ccnc1N1CCn2c(cc3c2CC(C)(C)C3)C1=O. The van der Waals surface area contributed by atoms with Crippen LogP contribution in [0, 0.1) is 12.3 Å². The number of hydrogen-bond acceptors (Lipinski definition) is 9. The lowest BCUT2D eigenvalue weighted by molar-refractivity contribution is -0.142. The van der Waals surface area contributed by atoms with Gasteiger partial charge in [0, 0.05) is 56.3 Å². The average molecular weight is 569 g/mol. The minimum atomic E-state index is -0.469.